The Hall–Kier alpha value is -1.65. The molecular weight excluding hydrogens is 256 g/mol. The van der Waals surface area contributed by atoms with E-state index in [1.54, 1.807) is 11.3 Å². The first-order valence-electron chi connectivity index (χ1n) is 6.44. The summed E-state index contributed by atoms with van der Waals surface area (Å²) in [5.74, 6) is 0.947. The van der Waals surface area contributed by atoms with E-state index in [1.807, 2.05) is 35.0 Å². The summed E-state index contributed by atoms with van der Waals surface area (Å²) in [5.41, 5.74) is 3.11. The van der Waals surface area contributed by atoms with Gasteiger partial charge in [-0.25, -0.2) is 4.98 Å². The molecule has 2 aromatic heterocycles. The zero-order chi connectivity index (χ0) is 13.2. The Labute approximate surface area is 116 Å². The second kappa shape index (κ2) is 5.15. The first-order chi connectivity index (χ1) is 9.29. The first kappa shape index (κ1) is 12.4. The highest BCUT2D eigenvalue weighted by Gasteiger charge is 2.15. The summed E-state index contributed by atoms with van der Waals surface area (Å²) in [7, 11) is 0. The predicted molar refractivity (Wildman–Crippen MR) is 78.4 cm³/mol. The minimum absolute atomic E-state index is 0.478. The van der Waals surface area contributed by atoms with Crippen LogP contribution in [0.5, 0.6) is 0 Å². The van der Waals surface area contributed by atoms with Crippen molar-refractivity contribution in [3.63, 3.8) is 0 Å². The molecule has 98 valence electrons. The van der Waals surface area contributed by atoms with Crippen molar-refractivity contribution in [2.45, 2.75) is 26.0 Å². The number of aliphatic hydroxyl groups excluding tert-OH is 1. The van der Waals surface area contributed by atoms with Crippen LogP contribution in [-0.4, -0.2) is 14.7 Å². The van der Waals surface area contributed by atoms with E-state index in [2.05, 4.69) is 22.5 Å². The summed E-state index contributed by atoms with van der Waals surface area (Å²) >= 11 is 1.61. The average molecular weight is 272 g/mol. The van der Waals surface area contributed by atoms with E-state index in [-0.39, 0.29) is 0 Å². The second-order valence-electron chi connectivity index (χ2n) is 4.54. The lowest BCUT2D eigenvalue weighted by atomic mass is 10.1. The van der Waals surface area contributed by atoms with Gasteiger partial charge in [0.1, 0.15) is 5.82 Å². The lowest BCUT2D eigenvalue weighted by molar-refractivity contribution is 0.175. The van der Waals surface area contributed by atoms with Gasteiger partial charge >= 0.3 is 0 Å². The molecule has 3 aromatic rings. The van der Waals surface area contributed by atoms with E-state index in [4.69, 9.17) is 0 Å². The van der Waals surface area contributed by atoms with Crippen molar-refractivity contribution in [1.29, 1.82) is 0 Å². The molecule has 2 heterocycles. The number of hydrogen-bond acceptors (Lipinski definition) is 3. The van der Waals surface area contributed by atoms with E-state index in [1.165, 1.54) is 0 Å². The fraction of sp³-hybridized carbons (Fsp3) is 0.267. The number of aromatic nitrogens is 2. The molecule has 0 radical (unpaired) electrons. The molecule has 0 amide bonds. The first-order valence-corrected chi connectivity index (χ1v) is 7.38. The molecule has 0 saturated heterocycles. The average Bonchev–Trinajstić information content (AvgIpc) is 3.05. The fourth-order valence-corrected chi connectivity index (χ4v) is 3.10. The van der Waals surface area contributed by atoms with Gasteiger partial charge in [-0.1, -0.05) is 12.1 Å². The van der Waals surface area contributed by atoms with Crippen LogP contribution in [0.2, 0.25) is 0 Å². The molecule has 0 bridgehead atoms. The fourth-order valence-electron chi connectivity index (χ4n) is 2.39. The van der Waals surface area contributed by atoms with Crippen molar-refractivity contribution in [3.05, 3.63) is 52.5 Å². The van der Waals surface area contributed by atoms with Crippen LogP contribution in [0, 0.1) is 0 Å². The number of benzene rings is 1. The van der Waals surface area contributed by atoms with Gasteiger partial charge in [-0.3, -0.25) is 0 Å². The van der Waals surface area contributed by atoms with Crippen molar-refractivity contribution in [3.8, 4) is 0 Å². The van der Waals surface area contributed by atoms with E-state index >= 15 is 0 Å². The van der Waals surface area contributed by atoms with Crippen LogP contribution in [0.25, 0.3) is 11.0 Å². The molecule has 4 heteroatoms. The molecule has 1 aromatic carbocycles. The number of aliphatic hydroxyl groups is 1. The molecule has 1 N–H and O–H groups in total. The van der Waals surface area contributed by atoms with Gasteiger partial charge in [0.05, 0.1) is 17.1 Å². The summed E-state index contributed by atoms with van der Waals surface area (Å²) < 4.78 is 2.17. The van der Waals surface area contributed by atoms with E-state index < -0.39 is 6.10 Å². The SMILES string of the molecule is CCn1c(CC(O)c2ccsc2)nc2ccccc21. The molecule has 0 fully saturated rings. The lowest BCUT2D eigenvalue weighted by Crippen LogP contribution is -2.07. The number of imidazole rings is 1. The quantitative estimate of drug-likeness (QED) is 0.790. The molecule has 0 spiro atoms. The molecule has 3 nitrogen and oxygen atoms in total. The lowest BCUT2D eigenvalue weighted by Gasteiger charge is -2.10. The summed E-state index contributed by atoms with van der Waals surface area (Å²) in [4.78, 5) is 4.64. The summed E-state index contributed by atoms with van der Waals surface area (Å²) in [5, 5.41) is 14.2. The molecule has 0 aliphatic rings. The minimum Gasteiger partial charge on any atom is -0.388 e. The van der Waals surface area contributed by atoms with Crippen molar-refractivity contribution < 1.29 is 5.11 Å². The number of aryl methyl sites for hydroxylation is 1. The Balaban J connectivity index is 1.96. The largest absolute Gasteiger partial charge is 0.388 e. The van der Waals surface area contributed by atoms with Gasteiger partial charge in [0, 0.05) is 13.0 Å². The summed E-state index contributed by atoms with van der Waals surface area (Å²) in [6.45, 7) is 2.97. The Bertz CT molecular complexity index is 673. The van der Waals surface area contributed by atoms with Crippen molar-refractivity contribution >= 4 is 22.4 Å². The smallest absolute Gasteiger partial charge is 0.112 e. The summed E-state index contributed by atoms with van der Waals surface area (Å²) in [6.07, 6.45) is 0.0764. The van der Waals surface area contributed by atoms with Gasteiger partial charge in [0.15, 0.2) is 0 Å². The Morgan fingerprint density at radius 1 is 1.32 bits per heavy atom. The highest BCUT2D eigenvalue weighted by molar-refractivity contribution is 7.07. The number of fused-ring (bicyclic) bond motifs is 1. The Kier molecular flexibility index (Phi) is 3.36. The normalized spacial score (nSPS) is 12.9. The van der Waals surface area contributed by atoms with Gasteiger partial charge in [-0.15, -0.1) is 0 Å². The minimum atomic E-state index is -0.478. The summed E-state index contributed by atoms with van der Waals surface area (Å²) in [6, 6.07) is 10.1. The third-order valence-corrected chi connectivity index (χ3v) is 4.06. The maximum absolute atomic E-state index is 10.3. The van der Waals surface area contributed by atoms with Crippen LogP contribution in [0.15, 0.2) is 41.1 Å². The van der Waals surface area contributed by atoms with Crippen LogP contribution in [0.4, 0.5) is 0 Å². The van der Waals surface area contributed by atoms with Gasteiger partial charge in [-0.2, -0.15) is 11.3 Å². The van der Waals surface area contributed by atoms with Gasteiger partial charge in [0.2, 0.25) is 0 Å². The zero-order valence-corrected chi connectivity index (χ0v) is 11.6. The standard InChI is InChI=1S/C15H16N2OS/c1-2-17-13-6-4-3-5-12(13)16-15(17)9-14(18)11-7-8-19-10-11/h3-8,10,14,18H,2,9H2,1H3. The highest BCUT2D eigenvalue weighted by Crippen LogP contribution is 2.23. The van der Waals surface area contributed by atoms with Gasteiger partial charge in [-0.05, 0) is 41.4 Å². The van der Waals surface area contributed by atoms with Crippen LogP contribution >= 0.6 is 11.3 Å². The van der Waals surface area contributed by atoms with Gasteiger partial charge in [0.25, 0.3) is 0 Å². The van der Waals surface area contributed by atoms with Crippen LogP contribution in [0.1, 0.15) is 24.4 Å². The molecule has 0 aliphatic carbocycles. The molecular formula is C15H16N2OS. The number of para-hydroxylation sites is 2. The number of hydrogen-bond donors (Lipinski definition) is 1. The third kappa shape index (κ3) is 2.29. The molecule has 0 saturated carbocycles. The number of nitrogens with zero attached hydrogens (tertiary/aromatic N) is 2. The monoisotopic (exact) mass is 272 g/mol. The van der Waals surface area contributed by atoms with E-state index in [0.717, 1.165) is 29.0 Å². The zero-order valence-electron chi connectivity index (χ0n) is 10.8. The van der Waals surface area contributed by atoms with Crippen molar-refractivity contribution in [2.75, 3.05) is 0 Å². The number of rotatable bonds is 4. The molecule has 19 heavy (non-hydrogen) atoms. The van der Waals surface area contributed by atoms with Crippen molar-refractivity contribution in [1.82, 2.24) is 9.55 Å². The van der Waals surface area contributed by atoms with E-state index in [9.17, 15) is 5.11 Å². The van der Waals surface area contributed by atoms with Gasteiger partial charge < -0.3 is 9.67 Å². The second-order valence-corrected chi connectivity index (χ2v) is 5.32. The maximum Gasteiger partial charge on any atom is 0.112 e. The Morgan fingerprint density at radius 3 is 2.89 bits per heavy atom. The third-order valence-electron chi connectivity index (χ3n) is 3.35. The molecule has 3 rings (SSSR count). The van der Waals surface area contributed by atoms with Crippen molar-refractivity contribution in [2.24, 2.45) is 0 Å². The Morgan fingerprint density at radius 2 is 2.16 bits per heavy atom. The topological polar surface area (TPSA) is 38.0 Å². The molecule has 1 atom stereocenters. The molecule has 0 aliphatic heterocycles. The number of thiophene rings is 1. The van der Waals surface area contributed by atoms with Crippen LogP contribution < -0.4 is 0 Å². The van der Waals surface area contributed by atoms with Crippen LogP contribution in [-0.2, 0) is 13.0 Å². The molecule has 1 unspecified atom stereocenters. The van der Waals surface area contributed by atoms with Crippen LogP contribution in [0.3, 0.4) is 0 Å². The predicted octanol–water partition coefficient (Wildman–Crippen LogP) is 3.39. The van der Waals surface area contributed by atoms with E-state index in [0.29, 0.717) is 6.42 Å². The highest BCUT2D eigenvalue weighted by atomic mass is 32.1. The maximum atomic E-state index is 10.3.